The Labute approximate surface area is 256 Å². The standard InChI is InChI=1S/C34H52N2O5S/c1-5-6-7-8-9-10-11-12-13-14-15-16-17-18-19-20-21-41-34(38)26(2)24-36-25-35-31-27-22-28(39-3)29(40-4)23-30(27)42-32(31)33(36)37/h22-23,25-26H,5-21,24H2,1-4H3/t26-/m0/s1. The first-order valence-corrected chi connectivity index (χ1v) is 17.0. The summed E-state index contributed by atoms with van der Waals surface area (Å²) < 4.78 is 19.3. The highest BCUT2D eigenvalue weighted by atomic mass is 32.1. The number of fused-ring (bicyclic) bond motifs is 3. The van der Waals surface area contributed by atoms with E-state index in [9.17, 15) is 9.59 Å². The Hall–Kier alpha value is -2.61. The van der Waals surface area contributed by atoms with Crippen molar-refractivity contribution < 1.29 is 19.0 Å². The van der Waals surface area contributed by atoms with Crippen molar-refractivity contribution in [3.05, 3.63) is 28.8 Å². The van der Waals surface area contributed by atoms with Crippen molar-refractivity contribution in [2.45, 2.75) is 123 Å². The second kappa shape index (κ2) is 18.8. The Balaban J connectivity index is 1.29. The number of aromatic nitrogens is 2. The lowest BCUT2D eigenvalue weighted by molar-refractivity contribution is -0.148. The molecule has 0 radical (unpaired) electrons. The first kappa shape index (κ1) is 33.9. The van der Waals surface area contributed by atoms with Crippen molar-refractivity contribution >= 4 is 37.6 Å². The average Bonchev–Trinajstić information content (AvgIpc) is 3.37. The monoisotopic (exact) mass is 600 g/mol. The van der Waals surface area contributed by atoms with Crippen LogP contribution in [0.25, 0.3) is 20.3 Å². The molecular formula is C34H52N2O5S. The Bertz CT molecular complexity index is 1280. The van der Waals surface area contributed by atoms with Crippen molar-refractivity contribution in [2.24, 2.45) is 5.92 Å². The zero-order valence-electron chi connectivity index (χ0n) is 26.4. The molecule has 2 aromatic heterocycles. The maximum atomic E-state index is 13.2. The molecule has 0 amide bonds. The van der Waals surface area contributed by atoms with Gasteiger partial charge in [0.2, 0.25) is 0 Å². The number of nitrogens with zero attached hydrogens (tertiary/aromatic N) is 2. The number of unbranched alkanes of at least 4 members (excludes halogenated alkanes) is 15. The van der Waals surface area contributed by atoms with E-state index in [0.29, 0.717) is 28.3 Å². The maximum Gasteiger partial charge on any atom is 0.310 e. The number of rotatable bonds is 22. The van der Waals surface area contributed by atoms with Crippen molar-refractivity contribution in [3.63, 3.8) is 0 Å². The van der Waals surface area contributed by atoms with Crippen molar-refractivity contribution in [2.75, 3.05) is 20.8 Å². The van der Waals surface area contributed by atoms with Crippen LogP contribution in [0.5, 0.6) is 11.5 Å². The molecule has 0 aliphatic carbocycles. The lowest BCUT2D eigenvalue weighted by Gasteiger charge is -2.13. The molecule has 3 aromatic rings. The summed E-state index contributed by atoms with van der Waals surface area (Å²) >= 11 is 1.37. The highest BCUT2D eigenvalue weighted by Gasteiger charge is 2.19. The van der Waals surface area contributed by atoms with E-state index in [1.54, 1.807) is 21.1 Å². The van der Waals surface area contributed by atoms with Gasteiger partial charge in [-0.3, -0.25) is 14.2 Å². The minimum Gasteiger partial charge on any atom is -0.493 e. The predicted octanol–water partition coefficient (Wildman–Crippen LogP) is 9.07. The highest BCUT2D eigenvalue weighted by Crippen LogP contribution is 2.38. The molecule has 0 unspecified atom stereocenters. The zero-order chi connectivity index (χ0) is 30.2. The summed E-state index contributed by atoms with van der Waals surface area (Å²) in [6.45, 7) is 4.75. The maximum absolute atomic E-state index is 13.2. The molecule has 0 aliphatic rings. The molecule has 234 valence electrons. The van der Waals surface area contributed by atoms with Crippen LogP contribution in [-0.4, -0.2) is 36.3 Å². The van der Waals surface area contributed by atoms with Crippen molar-refractivity contribution in [3.8, 4) is 11.5 Å². The predicted molar refractivity (Wildman–Crippen MR) is 174 cm³/mol. The summed E-state index contributed by atoms with van der Waals surface area (Å²) in [7, 11) is 3.17. The fraction of sp³-hybridized carbons (Fsp3) is 0.676. The van der Waals surface area contributed by atoms with Gasteiger partial charge in [-0.25, -0.2) is 4.98 Å². The van der Waals surface area contributed by atoms with Gasteiger partial charge in [-0.1, -0.05) is 110 Å². The van der Waals surface area contributed by atoms with Gasteiger partial charge in [0.05, 0.1) is 38.6 Å². The Morgan fingerprint density at radius 1 is 0.833 bits per heavy atom. The number of thiophene rings is 1. The van der Waals surface area contributed by atoms with Gasteiger partial charge in [0, 0.05) is 22.7 Å². The Kier molecular flexibility index (Phi) is 15.2. The molecule has 0 spiro atoms. The molecule has 7 nitrogen and oxygen atoms in total. The quantitative estimate of drug-likeness (QED) is 0.0845. The summed E-state index contributed by atoms with van der Waals surface area (Å²) in [6.07, 6.45) is 22.5. The third-order valence-corrected chi connectivity index (χ3v) is 9.19. The summed E-state index contributed by atoms with van der Waals surface area (Å²) in [5, 5.41) is 0.850. The van der Waals surface area contributed by atoms with Crippen LogP contribution in [0.3, 0.4) is 0 Å². The van der Waals surface area contributed by atoms with Crippen LogP contribution in [0.1, 0.15) is 117 Å². The molecule has 1 atom stereocenters. The fourth-order valence-corrected chi connectivity index (χ4v) is 6.57. The van der Waals surface area contributed by atoms with Gasteiger partial charge >= 0.3 is 5.97 Å². The number of hydrogen-bond acceptors (Lipinski definition) is 7. The summed E-state index contributed by atoms with van der Waals surface area (Å²) in [5.41, 5.74) is 0.479. The van der Waals surface area contributed by atoms with Gasteiger partial charge in [-0.2, -0.15) is 0 Å². The van der Waals surface area contributed by atoms with E-state index >= 15 is 0 Å². The van der Waals surface area contributed by atoms with Gasteiger partial charge in [0.1, 0.15) is 4.70 Å². The van der Waals surface area contributed by atoms with Crippen LogP contribution in [-0.2, 0) is 16.1 Å². The summed E-state index contributed by atoms with van der Waals surface area (Å²) in [4.78, 5) is 30.3. The molecule has 0 N–H and O–H groups in total. The van der Waals surface area contributed by atoms with Gasteiger partial charge < -0.3 is 14.2 Å². The van der Waals surface area contributed by atoms with Crippen LogP contribution in [0, 0.1) is 5.92 Å². The minimum atomic E-state index is -0.433. The van der Waals surface area contributed by atoms with E-state index in [1.165, 1.54) is 112 Å². The van der Waals surface area contributed by atoms with E-state index in [2.05, 4.69) is 11.9 Å². The van der Waals surface area contributed by atoms with Gasteiger partial charge in [0.25, 0.3) is 5.56 Å². The van der Waals surface area contributed by atoms with Crippen molar-refractivity contribution in [1.82, 2.24) is 9.55 Å². The lowest BCUT2D eigenvalue weighted by Crippen LogP contribution is -2.27. The number of carbonyl (C=O) groups excluding carboxylic acids is 1. The third kappa shape index (κ3) is 10.3. The second-order valence-electron chi connectivity index (χ2n) is 11.6. The van der Waals surface area contributed by atoms with E-state index in [-0.39, 0.29) is 18.1 Å². The SMILES string of the molecule is CCCCCCCCCCCCCCCCCCOC(=O)[C@@H](C)Cn1cnc2c(sc3cc(OC)c(OC)cc32)c1=O. The third-order valence-electron chi connectivity index (χ3n) is 8.06. The molecule has 1 aromatic carbocycles. The first-order chi connectivity index (χ1) is 20.5. The molecule has 0 saturated heterocycles. The van der Waals surface area contributed by atoms with Gasteiger partial charge in [0.15, 0.2) is 11.5 Å². The molecular weight excluding hydrogens is 548 g/mol. The normalized spacial score (nSPS) is 12.2. The first-order valence-electron chi connectivity index (χ1n) is 16.2. The summed E-state index contributed by atoms with van der Waals surface area (Å²) in [5.74, 6) is 0.500. The second-order valence-corrected chi connectivity index (χ2v) is 12.6. The average molecular weight is 601 g/mol. The topological polar surface area (TPSA) is 79.7 Å². The molecule has 3 rings (SSSR count). The zero-order valence-corrected chi connectivity index (χ0v) is 27.2. The molecule has 42 heavy (non-hydrogen) atoms. The number of methoxy groups -OCH3 is 2. The van der Waals surface area contributed by atoms with Crippen molar-refractivity contribution in [1.29, 1.82) is 0 Å². The van der Waals surface area contributed by atoms with Gasteiger partial charge in [-0.05, 0) is 12.5 Å². The minimum absolute atomic E-state index is 0.156. The molecule has 0 fully saturated rings. The number of ether oxygens (including phenoxy) is 3. The van der Waals surface area contributed by atoms with E-state index < -0.39 is 5.92 Å². The fourth-order valence-electron chi connectivity index (χ4n) is 5.46. The molecule has 0 aliphatic heterocycles. The molecule has 8 heteroatoms. The number of carbonyl (C=O) groups is 1. The smallest absolute Gasteiger partial charge is 0.310 e. The Morgan fingerprint density at radius 2 is 1.36 bits per heavy atom. The Morgan fingerprint density at radius 3 is 1.90 bits per heavy atom. The number of hydrogen-bond donors (Lipinski definition) is 0. The number of esters is 1. The van der Waals surface area contributed by atoms with Crippen LogP contribution < -0.4 is 15.0 Å². The van der Waals surface area contributed by atoms with Crippen LogP contribution in [0.15, 0.2) is 23.3 Å². The highest BCUT2D eigenvalue weighted by molar-refractivity contribution is 7.25. The molecule has 2 heterocycles. The molecule has 0 bridgehead atoms. The van der Waals surface area contributed by atoms with Crippen LogP contribution in [0.2, 0.25) is 0 Å². The van der Waals surface area contributed by atoms with E-state index in [0.717, 1.165) is 22.9 Å². The van der Waals surface area contributed by atoms with E-state index in [4.69, 9.17) is 14.2 Å². The number of benzene rings is 1. The lowest BCUT2D eigenvalue weighted by atomic mass is 10.0. The van der Waals surface area contributed by atoms with Gasteiger partial charge in [-0.15, -0.1) is 11.3 Å². The van der Waals surface area contributed by atoms with Crippen LogP contribution in [0.4, 0.5) is 0 Å². The van der Waals surface area contributed by atoms with Crippen LogP contribution >= 0.6 is 11.3 Å². The molecule has 0 saturated carbocycles. The summed E-state index contributed by atoms with van der Waals surface area (Å²) in [6, 6.07) is 3.71. The largest absolute Gasteiger partial charge is 0.493 e. The van der Waals surface area contributed by atoms with E-state index in [1.807, 2.05) is 12.1 Å².